The van der Waals surface area contributed by atoms with Crippen molar-refractivity contribution < 1.29 is 9.47 Å². The molecule has 3 heteroatoms. The van der Waals surface area contributed by atoms with Gasteiger partial charge in [-0.25, -0.2) is 0 Å². The molecule has 0 amide bonds. The molecule has 0 radical (unpaired) electrons. The van der Waals surface area contributed by atoms with Crippen molar-refractivity contribution in [3.8, 4) is 0 Å². The molecule has 0 aliphatic carbocycles. The topological polar surface area (TPSA) is 18.5 Å². The van der Waals surface area contributed by atoms with E-state index in [9.17, 15) is 0 Å². The molecule has 1 unspecified atom stereocenters. The minimum atomic E-state index is -1.83. The van der Waals surface area contributed by atoms with Crippen molar-refractivity contribution in [1.29, 1.82) is 0 Å². The maximum atomic E-state index is 6.33. The molecule has 29 heavy (non-hydrogen) atoms. The van der Waals surface area contributed by atoms with E-state index in [1.165, 1.54) is 15.9 Å². The molecule has 1 heterocycles. The lowest BCUT2D eigenvalue weighted by molar-refractivity contribution is -0.157. The summed E-state index contributed by atoms with van der Waals surface area (Å²) in [5.41, 5.74) is -0.271. The van der Waals surface area contributed by atoms with Gasteiger partial charge >= 0.3 is 0 Å². The molecule has 3 aromatic carbocycles. The van der Waals surface area contributed by atoms with Crippen LogP contribution in [0.5, 0.6) is 0 Å². The van der Waals surface area contributed by atoms with Crippen LogP contribution in [0.15, 0.2) is 91.0 Å². The van der Waals surface area contributed by atoms with Gasteiger partial charge in [-0.2, -0.15) is 0 Å². The Bertz CT molecular complexity index is 828. The molecule has 1 saturated heterocycles. The fourth-order valence-corrected chi connectivity index (χ4v) is 8.91. The van der Waals surface area contributed by atoms with Crippen LogP contribution in [0, 0.1) is 0 Å². The Morgan fingerprint density at radius 3 is 1.45 bits per heavy atom. The van der Waals surface area contributed by atoms with Crippen LogP contribution in [-0.4, -0.2) is 24.2 Å². The van der Waals surface area contributed by atoms with Crippen molar-refractivity contribution in [2.24, 2.45) is 0 Å². The number of rotatable bonds is 6. The van der Waals surface area contributed by atoms with Crippen LogP contribution < -0.4 is 15.9 Å². The van der Waals surface area contributed by atoms with Gasteiger partial charge in [0.1, 0.15) is 23.2 Å². The summed E-state index contributed by atoms with van der Waals surface area (Å²) in [6, 6.07) is 33.1. The molecule has 0 N–H and O–H groups in total. The molecule has 0 saturated carbocycles. The lowest BCUT2D eigenvalue weighted by Crippen LogP contribution is -2.38. The summed E-state index contributed by atoms with van der Waals surface area (Å²) in [5, 5.41) is 4.25. The Morgan fingerprint density at radius 1 is 0.690 bits per heavy atom. The zero-order valence-electron chi connectivity index (χ0n) is 17.5. The van der Waals surface area contributed by atoms with E-state index in [0.717, 1.165) is 12.6 Å². The van der Waals surface area contributed by atoms with Gasteiger partial charge in [0.2, 0.25) is 0 Å². The summed E-state index contributed by atoms with van der Waals surface area (Å²) in [4.78, 5) is 0. The molecule has 2 nitrogen and oxygen atoms in total. The third kappa shape index (κ3) is 4.16. The normalized spacial score (nSPS) is 21.2. The van der Waals surface area contributed by atoms with E-state index in [0.29, 0.717) is 6.61 Å². The van der Waals surface area contributed by atoms with E-state index < -0.39 is 13.0 Å². The van der Waals surface area contributed by atoms with E-state index in [2.05, 4.69) is 97.9 Å². The molecular formula is C26H30O2P+. The number of ether oxygens (including phenoxy) is 2. The van der Waals surface area contributed by atoms with Gasteiger partial charge in [0, 0.05) is 6.42 Å². The first kappa shape index (κ1) is 20.3. The summed E-state index contributed by atoms with van der Waals surface area (Å²) in [6.07, 6.45) is 1.99. The van der Waals surface area contributed by atoms with E-state index >= 15 is 0 Å². The Kier molecular flexibility index (Phi) is 5.62. The molecule has 1 atom stereocenters. The zero-order chi connectivity index (χ0) is 20.4. The highest BCUT2D eigenvalue weighted by molar-refractivity contribution is 7.95. The lowest BCUT2D eigenvalue weighted by atomic mass is 10.1. The molecule has 1 fully saturated rings. The van der Waals surface area contributed by atoms with Crippen molar-refractivity contribution >= 4 is 23.2 Å². The highest BCUT2D eigenvalue weighted by atomic mass is 31.2. The lowest BCUT2D eigenvalue weighted by Gasteiger charge is -2.31. The minimum absolute atomic E-state index is 0.271. The van der Waals surface area contributed by atoms with Gasteiger partial charge in [-0.05, 0) is 57.2 Å². The fraction of sp³-hybridized carbons (Fsp3) is 0.308. The van der Waals surface area contributed by atoms with Gasteiger partial charge < -0.3 is 9.47 Å². The number of hydrogen-bond donors (Lipinski definition) is 0. The minimum Gasteiger partial charge on any atom is -0.348 e. The predicted octanol–water partition coefficient (Wildman–Crippen LogP) is 4.91. The van der Waals surface area contributed by atoms with Gasteiger partial charge in [0.25, 0.3) is 0 Å². The first-order chi connectivity index (χ1) is 13.9. The molecule has 0 bridgehead atoms. The second-order valence-electron chi connectivity index (χ2n) is 8.53. The van der Waals surface area contributed by atoms with Crippen molar-refractivity contribution in [1.82, 2.24) is 0 Å². The average Bonchev–Trinajstić information content (AvgIpc) is 3.04. The maximum Gasteiger partial charge on any atom is 0.163 e. The van der Waals surface area contributed by atoms with Crippen LogP contribution in [0.2, 0.25) is 0 Å². The third-order valence-corrected chi connectivity index (χ3v) is 10.2. The molecule has 0 aromatic heterocycles. The van der Waals surface area contributed by atoms with Crippen LogP contribution in [0.4, 0.5) is 0 Å². The van der Waals surface area contributed by atoms with Crippen LogP contribution >= 0.6 is 7.26 Å². The first-order valence-electron chi connectivity index (χ1n) is 10.3. The van der Waals surface area contributed by atoms with Crippen molar-refractivity contribution in [3.63, 3.8) is 0 Å². The van der Waals surface area contributed by atoms with E-state index in [4.69, 9.17) is 9.47 Å². The van der Waals surface area contributed by atoms with E-state index in [1.54, 1.807) is 0 Å². The largest absolute Gasteiger partial charge is 0.348 e. The molecule has 0 spiro atoms. The highest BCUT2D eigenvalue weighted by Crippen LogP contribution is 2.57. The van der Waals surface area contributed by atoms with Gasteiger partial charge in [-0.15, -0.1) is 0 Å². The van der Waals surface area contributed by atoms with Crippen LogP contribution in [0.25, 0.3) is 0 Å². The summed E-state index contributed by atoms with van der Waals surface area (Å²) in [5.74, 6) is -0.512. The summed E-state index contributed by atoms with van der Waals surface area (Å²) in [6.45, 7) is 6.84. The summed E-state index contributed by atoms with van der Waals surface area (Å²) in [7, 11) is -1.83. The van der Waals surface area contributed by atoms with Gasteiger partial charge in [0.15, 0.2) is 5.79 Å². The summed E-state index contributed by atoms with van der Waals surface area (Å²) >= 11 is 0. The molecule has 3 aromatic rings. The fourth-order valence-electron chi connectivity index (χ4n) is 4.39. The Morgan fingerprint density at radius 2 is 1.10 bits per heavy atom. The second kappa shape index (κ2) is 8.03. The maximum absolute atomic E-state index is 6.33. The van der Waals surface area contributed by atoms with E-state index in [-0.39, 0.29) is 5.60 Å². The van der Waals surface area contributed by atoms with Crippen molar-refractivity contribution in [3.05, 3.63) is 91.0 Å². The SMILES string of the molecule is CC1(CC[P+](c2ccccc2)(c2ccccc2)c2ccccc2)COC(C)(C)O1. The van der Waals surface area contributed by atoms with Crippen molar-refractivity contribution in [2.75, 3.05) is 12.8 Å². The monoisotopic (exact) mass is 405 g/mol. The molecule has 150 valence electrons. The quantitative estimate of drug-likeness (QED) is 0.543. The summed E-state index contributed by atoms with van der Waals surface area (Å²) < 4.78 is 12.3. The highest BCUT2D eigenvalue weighted by Gasteiger charge is 2.49. The smallest absolute Gasteiger partial charge is 0.163 e. The molecular weight excluding hydrogens is 375 g/mol. The predicted molar refractivity (Wildman–Crippen MR) is 124 cm³/mol. The average molecular weight is 405 g/mol. The molecule has 4 rings (SSSR count). The molecule has 1 aliphatic rings. The van der Waals surface area contributed by atoms with Crippen molar-refractivity contribution in [2.45, 2.75) is 38.6 Å². The Hall–Kier alpha value is -1.99. The Labute approximate surface area is 175 Å². The molecule has 1 aliphatic heterocycles. The third-order valence-electron chi connectivity index (χ3n) is 5.78. The standard InChI is InChI=1S/C26H30O2P/c1-25(2)27-21-26(3,28-25)19-20-29(22-13-7-4-8-14-22,23-15-9-5-10-16-23)24-17-11-6-12-18-24/h4-18H,19-21H2,1-3H3/q+1. The van der Waals surface area contributed by atoms with E-state index in [1.807, 2.05) is 13.8 Å². The zero-order valence-corrected chi connectivity index (χ0v) is 18.4. The van der Waals surface area contributed by atoms with Gasteiger partial charge in [-0.3, -0.25) is 0 Å². The first-order valence-corrected chi connectivity index (χ1v) is 12.3. The second-order valence-corrected chi connectivity index (χ2v) is 12.1. The Balaban J connectivity index is 1.82. The van der Waals surface area contributed by atoms with Crippen LogP contribution in [-0.2, 0) is 9.47 Å². The van der Waals surface area contributed by atoms with Gasteiger partial charge in [-0.1, -0.05) is 54.6 Å². The van der Waals surface area contributed by atoms with Crippen LogP contribution in [0.3, 0.4) is 0 Å². The number of benzene rings is 3. The van der Waals surface area contributed by atoms with Crippen LogP contribution in [0.1, 0.15) is 27.2 Å². The number of hydrogen-bond acceptors (Lipinski definition) is 2. The van der Waals surface area contributed by atoms with Gasteiger partial charge in [0.05, 0.1) is 18.4 Å².